The monoisotopic (exact) mass is 331 g/mol. The van der Waals surface area contributed by atoms with Gasteiger partial charge in [-0.3, -0.25) is 0 Å². The predicted octanol–water partition coefficient (Wildman–Crippen LogP) is 1.86. The molecule has 2 heterocycles. The van der Waals surface area contributed by atoms with Crippen LogP contribution < -0.4 is 5.32 Å². The molecule has 24 heavy (non-hydrogen) atoms. The largest absolute Gasteiger partial charge is 0.334 e. The molecule has 2 amide bonds. The van der Waals surface area contributed by atoms with Crippen LogP contribution in [0.5, 0.6) is 0 Å². The third kappa shape index (κ3) is 3.56. The van der Waals surface area contributed by atoms with Crippen LogP contribution in [0.4, 0.5) is 9.18 Å². The maximum Gasteiger partial charge on any atom is 0.317 e. The smallest absolute Gasteiger partial charge is 0.317 e. The lowest BCUT2D eigenvalue weighted by Gasteiger charge is -2.20. The highest BCUT2D eigenvalue weighted by molar-refractivity contribution is 5.74. The molecule has 0 spiro atoms. The maximum atomic E-state index is 14.2. The van der Waals surface area contributed by atoms with Gasteiger partial charge in [0.1, 0.15) is 5.82 Å². The van der Waals surface area contributed by atoms with Crippen molar-refractivity contribution in [3.05, 3.63) is 48.3 Å². The molecular formula is C17H22FN5O. The Balaban J connectivity index is 1.57. The number of aromatic nitrogens is 2. The fourth-order valence-electron chi connectivity index (χ4n) is 2.91. The Hall–Kier alpha value is -2.41. The molecule has 0 saturated carbocycles. The van der Waals surface area contributed by atoms with Crippen molar-refractivity contribution in [2.24, 2.45) is 0 Å². The molecule has 128 valence electrons. The highest BCUT2D eigenvalue weighted by Crippen LogP contribution is 2.16. The first kappa shape index (κ1) is 16.4. The standard InChI is InChI=1S/C17H22FN5O/c1-21(2)14-5-7-22(11-14)17(24)20-10-13-3-4-16(15(18)9-13)23-8-6-19-12-23/h3-4,6,8-9,12,14H,5,7,10-11H2,1-2H3,(H,20,24). The van der Waals surface area contributed by atoms with E-state index in [4.69, 9.17) is 0 Å². The number of benzene rings is 1. The lowest BCUT2D eigenvalue weighted by molar-refractivity contribution is 0.203. The molecule has 1 unspecified atom stereocenters. The van der Waals surface area contributed by atoms with E-state index in [1.807, 2.05) is 20.2 Å². The molecule has 0 bridgehead atoms. The van der Waals surface area contributed by atoms with E-state index in [1.54, 1.807) is 34.3 Å². The maximum absolute atomic E-state index is 14.2. The predicted molar refractivity (Wildman–Crippen MR) is 89.4 cm³/mol. The summed E-state index contributed by atoms with van der Waals surface area (Å²) in [6, 6.07) is 5.25. The van der Waals surface area contributed by atoms with E-state index in [1.165, 1.54) is 6.07 Å². The van der Waals surface area contributed by atoms with E-state index in [9.17, 15) is 9.18 Å². The van der Waals surface area contributed by atoms with Gasteiger partial charge in [-0.05, 0) is 38.2 Å². The second-order valence-corrected chi connectivity index (χ2v) is 6.27. The van der Waals surface area contributed by atoms with Crippen LogP contribution >= 0.6 is 0 Å². The van der Waals surface area contributed by atoms with Crippen molar-refractivity contribution >= 4 is 6.03 Å². The SMILES string of the molecule is CN(C)C1CCN(C(=O)NCc2ccc(-n3ccnc3)c(F)c2)C1. The number of hydrogen-bond acceptors (Lipinski definition) is 3. The number of hydrogen-bond donors (Lipinski definition) is 1. The van der Waals surface area contributed by atoms with E-state index in [2.05, 4.69) is 15.2 Å². The number of urea groups is 1. The van der Waals surface area contributed by atoms with E-state index in [0.29, 0.717) is 18.3 Å². The van der Waals surface area contributed by atoms with Crippen LogP contribution in [-0.2, 0) is 6.54 Å². The second kappa shape index (κ2) is 7.00. The van der Waals surface area contributed by atoms with E-state index in [0.717, 1.165) is 25.1 Å². The van der Waals surface area contributed by atoms with Gasteiger partial charge in [-0.1, -0.05) is 6.07 Å². The van der Waals surface area contributed by atoms with Crippen molar-refractivity contribution in [1.29, 1.82) is 0 Å². The summed E-state index contributed by atoms with van der Waals surface area (Å²) in [6.07, 6.45) is 5.82. The molecule has 1 aliphatic rings. The van der Waals surface area contributed by atoms with Crippen molar-refractivity contribution in [2.45, 2.75) is 19.0 Å². The Kier molecular flexibility index (Phi) is 4.80. The Morgan fingerprint density at radius 3 is 2.92 bits per heavy atom. The van der Waals surface area contributed by atoms with Crippen LogP contribution in [0, 0.1) is 5.82 Å². The summed E-state index contributed by atoms with van der Waals surface area (Å²) in [5.74, 6) is -0.339. The quantitative estimate of drug-likeness (QED) is 0.930. The van der Waals surface area contributed by atoms with Gasteiger partial charge in [0.15, 0.2) is 0 Å². The molecule has 1 N–H and O–H groups in total. The van der Waals surface area contributed by atoms with Gasteiger partial charge in [0.2, 0.25) is 0 Å². The van der Waals surface area contributed by atoms with Crippen LogP contribution in [0.1, 0.15) is 12.0 Å². The minimum Gasteiger partial charge on any atom is -0.334 e. The van der Waals surface area contributed by atoms with E-state index >= 15 is 0 Å². The summed E-state index contributed by atoms with van der Waals surface area (Å²) >= 11 is 0. The molecule has 1 aromatic heterocycles. The first-order valence-corrected chi connectivity index (χ1v) is 8.00. The van der Waals surface area contributed by atoms with Gasteiger partial charge in [0.05, 0.1) is 12.0 Å². The molecule has 1 fully saturated rings. The number of halogens is 1. The van der Waals surface area contributed by atoms with Gasteiger partial charge in [-0.25, -0.2) is 14.2 Å². The Bertz CT molecular complexity index is 701. The summed E-state index contributed by atoms with van der Waals surface area (Å²) in [5.41, 5.74) is 1.17. The molecule has 0 radical (unpaired) electrons. The van der Waals surface area contributed by atoms with Gasteiger partial charge < -0.3 is 19.7 Å². The molecule has 1 saturated heterocycles. The summed E-state index contributed by atoms with van der Waals surface area (Å²) in [5, 5.41) is 2.86. The Morgan fingerprint density at radius 1 is 1.46 bits per heavy atom. The number of carbonyl (C=O) groups excluding carboxylic acids is 1. The third-order valence-electron chi connectivity index (χ3n) is 4.42. The van der Waals surface area contributed by atoms with Crippen LogP contribution in [0.2, 0.25) is 0 Å². The number of nitrogens with one attached hydrogen (secondary N) is 1. The fourth-order valence-corrected chi connectivity index (χ4v) is 2.91. The number of amides is 2. The zero-order valence-electron chi connectivity index (χ0n) is 13.9. The summed E-state index contributed by atoms with van der Waals surface area (Å²) < 4.78 is 15.8. The average molecular weight is 331 g/mol. The number of likely N-dealkylation sites (tertiary alicyclic amines) is 1. The number of carbonyl (C=O) groups is 1. The minimum absolute atomic E-state index is 0.0987. The van der Waals surface area contributed by atoms with Gasteiger partial charge in [-0.2, -0.15) is 0 Å². The first-order valence-electron chi connectivity index (χ1n) is 8.00. The summed E-state index contributed by atoms with van der Waals surface area (Å²) in [7, 11) is 4.05. The van der Waals surface area contributed by atoms with Gasteiger partial charge >= 0.3 is 6.03 Å². The average Bonchev–Trinajstić information content (AvgIpc) is 3.24. The molecule has 2 aromatic rings. The molecule has 0 aliphatic carbocycles. The van der Waals surface area contributed by atoms with E-state index < -0.39 is 0 Å². The molecular weight excluding hydrogens is 309 g/mol. The third-order valence-corrected chi connectivity index (χ3v) is 4.42. The number of likely N-dealkylation sites (N-methyl/N-ethyl adjacent to an activating group) is 1. The molecule has 3 rings (SSSR count). The number of imidazole rings is 1. The van der Waals surface area contributed by atoms with Crippen molar-refractivity contribution in [3.63, 3.8) is 0 Å². The van der Waals surface area contributed by atoms with Gasteiger partial charge in [-0.15, -0.1) is 0 Å². The molecule has 6 nitrogen and oxygen atoms in total. The lowest BCUT2D eigenvalue weighted by Crippen LogP contribution is -2.40. The van der Waals surface area contributed by atoms with Gasteiger partial charge in [0, 0.05) is 38.1 Å². The fraction of sp³-hybridized carbons (Fsp3) is 0.412. The summed E-state index contributed by atoms with van der Waals surface area (Å²) in [4.78, 5) is 20.1. The topological polar surface area (TPSA) is 53.4 Å². The van der Waals surface area contributed by atoms with Crippen molar-refractivity contribution in [2.75, 3.05) is 27.2 Å². The number of nitrogens with zero attached hydrogens (tertiary/aromatic N) is 4. The highest BCUT2D eigenvalue weighted by Gasteiger charge is 2.27. The van der Waals surface area contributed by atoms with E-state index in [-0.39, 0.29) is 11.8 Å². The molecule has 1 aromatic carbocycles. The number of rotatable bonds is 4. The van der Waals surface area contributed by atoms with Crippen molar-refractivity contribution in [1.82, 2.24) is 24.7 Å². The van der Waals surface area contributed by atoms with Crippen LogP contribution in [0.15, 0.2) is 36.9 Å². The molecule has 7 heteroatoms. The van der Waals surface area contributed by atoms with Gasteiger partial charge in [0.25, 0.3) is 0 Å². The lowest BCUT2D eigenvalue weighted by atomic mass is 10.2. The first-order chi connectivity index (χ1) is 11.5. The zero-order valence-corrected chi connectivity index (χ0v) is 13.9. The normalized spacial score (nSPS) is 17.5. The van der Waals surface area contributed by atoms with Crippen LogP contribution in [-0.4, -0.2) is 58.6 Å². The molecule has 1 atom stereocenters. The second-order valence-electron chi connectivity index (χ2n) is 6.27. The van der Waals surface area contributed by atoms with Crippen LogP contribution in [0.3, 0.4) is 0 Å². The minimum atomic E-state index is -0.339. The van der Waals surface area contributed by atoms with Crippen molar-refractivity contribution < 1.29 is 9.18 Å². The Labute approximate surface area is 140 Å². The summed E-state index contributed by atoms with van der Waals surface area (Å²) in [6.45, 7) is 1.79. The van der Waals surface area contributed by atoms with Crippen LogP contribution in [0.25, 0.3) is 5.69 Å². The molecule has 1 aliphatic heterocycles. The highest BCUT2D eigenvalue weighted by atomic mass is 19.1. The Morgan fingerprint density at radius 2 is 2.29 bits per heavy atom. The van der Waals surface area contributed by atoms with Crippen molar-refractivity contribution in [3.8, 4) is 5.69 Å². The zero-order chi connectivity index (χ0) is 17.1.